The molecule has 0 radical (unpaired) electrons. The summed E-state index contributed by atoms with van der Waals surface area (Å²) in [5, 5.41) is 4.65. The van der Waals surface area contributed by atoms with E-state index < -0.39 is 0 Å². The van der Waals surface area contributed by atoms with Crippen LogP contribution in [0.15, 0.2) is 24.3 Å². The van der Waals surface area contributed by atoms with Crippen LogP contribution in [0.4, 0.5) is 5.82 Å². The summed E-state index contributed by atoms with van der Waals surface area (Å²) in [6.07, 6.45) is 3.26. The monoisotopic (exact) mass is 271 g/mol. The normalized spacial score (nSPS) is 22.1. The Hall–Kier alpha value is -1.81. The van der Waals surface area contributed by atoms with Gasteiger partial charge in [-0.2, -0.15) is 0 Å². The number of nitrogens with two attached hydrogens (primary N) is 1. The van der Waals surface area contributed by atoms with Crippen LogP contribution in [0.25, 0.3) is 10.9 Å². The molecule has 1 aliphatic carbocycles. The first-order valence-corrected chi connectivity index (χ1v) is 7.13. The molecule has 4 heteroatoms. The van der Waals surface area contributed by atoms with Crippen molar-refractivity contribution in [3.63, 3.8) is 0 Å². The Labute approximate surface area is 119 Å². The molecule has 0 bridgehead atoms. The van der Waals surface area contributed by atoms with E-state index in [0.717, 1.165) is 41.7 Å². The van der Waals surface area contributed by atoms with Crippen LogP contribution in [0.3, 0.4) is 0 Å². The number of pyridine rings is 1. The molecule has 106 valence electrons. The smallest absolute Gasteiger partial charge is 0.127 e. The average molecular weight is 271 g/mol. The van der Waals surface area contributed by atoms with Crippen LogP contribution in [0.5, 0.6) is 5.75 Å². The third-order valence-corrected chi connectivity index (χ3v) is 4.05. The maximum Gasteiger partial charge on any atom is 0.127 e. The number of aromatic nitrogens is 1. The van der Waals surface area contributed by atoms with Gasteiger partial charge < -0.3 is 15.8 Å². The first-order chi connectivity index (χ1) is 9.65. The van der Waals surface area contributed by atoms with Gasteiger partial charge in [0.1, 0.15) is 11.6 Å². The van der Waals surface area contributed by atoms with Crippen molar-refractivity contribution < 1.29 is 4.74 Å². The number of rotatable bonds is 3. The molecule has 0 unspecified atom stereocenters. The highest BCUT2D eigenvalue weighted by atomic mass is 16.5. The number of anilines is 1. The molecule has 2 aromatic rings. The van der Waals surface area contributed by atoms with Gasteiger partial charge in [-0.1, -0.05) is 0 Å². The molecule has 20 heavy (non-hydrogen) atoms. The lowest BCUT2D eigenvalue weighted by atomic mass is 10.1. The van der Waals surface area contributed by atoms with Gasteiger partial charge in [0.15, 0.2) is 0 Å². The molecule has 3 rings (SSSR count). The minimum atomic E-state index is 0.332. The fourth-order valence-corrected chi connectivity index (χ4v) is 2.93. The van der Waals surface area contributed by atoms with E-state index in [1.165, 1.54) is 5.56 Å². The molecule has 1 aliphatic rings. The summed E-state index contributed by atoms with van der Waals surface area (Å²) in [4.78, 5) is 4.69. The molecule has 4 nitrogen and oxygen atoms in total. The van der Waals surface area contributed by atoms with Gasteiger partial charge in [0, 0.05) is 17.5 Å². The number of nitrogens with zero attached hydrogens (tertiary/aromatic N) is 1. The van der Waals surface area contributed by atoms with E-state index in [2.05, 4.69) is 18.3 Å². The van der Waals surface area contributed by atoms with Gasteiger partial charge in [-0.05, 0) is 56.0 Å². The molecule has 0 spiro atoms. The summed E-state index contributed by atoms with van der Waals surface area (Å²) in [5.74, 6) is 1.81. The number of fused-ring (bicyclic) bond motifs is 1. The summed E-state index contributed by atoms with van der Waals surface area (Å²) in [5.41, 5.74) is 8.16. The van der Waals surface area contributed by atoms with Crippen LogP contribution < -0.4 is 15.8 Å². The Balaban J connectivity index is 1.89. The maximum absolute atomic E-state index is 5.96. The summed E-state index contributed by atoms with van der Waals surface area (Å²) >= 11 is 0. The Morgan fingerprint density at radius 1 is 1.30 bits per heavy atom. The van der Waals surface area contributed by atoms with Crippen molar-refractivity contribution in [2.75, 3.05) is 12.4 Å². The fraction of sp³-hybridized carbons (Fsp3) is 0.438. The molecule has 0 saturated heterocycles. The predicted molar refractivity (Wildman–Crippen MR) is 82.3 cm³/mol. The maximum atomic E-state index is 5.96. The molecule has 1 saturated carbocycles. The second-order valence-corrected chi connectivity index (χ2v) is 5.62. The van der Waals surface area contributed by atoms with Crippen LogP contribution in [-0.4, -0.2) is 24.2 Å². The molecule has 3 N–H and O–H groups in total. The highest BCUT2D eigenvalue weighted by Crippen LogP contribution is 2.26. The van der Waals surface area contributed by atoms with Gasteiger partial charge >= 0.3 is 0 Å². The number of hydrogen-bond acceptors (Lipinski definition) is 4. The zero-order chi connectivity index (χ0) is 14.1. The van der Waals surface area contributed by atoms with Gasteiger partial charge in [0.2, 0.25) is 0 Å². The molecular weight excluding hydrogens is 250 g/mol. The SMILES string of the molecule is COc1ccc2nc(N[C@H]3CC[C@H](N)C3)cc(C)c2c1. The van der Waals surface area contributed by atoms with Crippen molar-refractivity contribution in [1.82, 2.24) is 4.98 Å². The second kappa shape index (κ2) is 5.29. The summed E-state index contributed by atoms with van der Waals surface area (Å²) < 4.78 is 5.27. The molecular formula is C16H21N3O. The Bertz CT molecular complexity index is 626. The lowest BCUT2D eigenvalue weighted by Crippen LogP contribution is -2.21. The van der Waals surface area contributed by atoms with E-state index in [1.807, 2.05) is 18.2 Å². The van der Waals surface area contributed by atoms with Crippen LogP contribution in [0.1, 0.15) is 24.8 Å². The van der Waals surface area contributed by atoms with E-state index >= 15 is 0 Å². The Kier molecular flexibility index (Phi) is 3.49. The van der Waals surface area contributed by atoms with Crippen LogP contribution >= 0.6 is 0 Å². The number of methoxy groups -OCH3 is 1. The molecule has 1 aromatic heterocycles. The predicted octanol–water partition coefficient (Wildman–Crippen LogP) is 2.84. The van der Waals surface area contributed by atoms with Crippen molar-refractivity contribution in [3.8, 4) is 5.75 Å². The number of nitrogens with one attached hydrogen (secondary N) is 1. The lowest BCUT2D eigenvalue weighted by molar-refractivity contribution is 0.415. The lowest BCUT2D eigenvalue weighted by Gasteiger charge is -2.15. The van der Waals surface area contributed by atoms with E-state index in [9.17, 15) is 0 Å². The fourth-order valence-electron chi connectivity index (χ4n) is 2.93. The van der Waals surface area contributed by atoms with Crippen molar-refractivity contribution in [3.05, 3.63) is 29.8 Å². The van der Waals surface area contributed by atoms with Gasteiger partial charge in [0.25, 0.3) is 0 Å². The number of hydrogen-bond donors (Lipinski definition) is 2. The topological polar surface area (TPSA) is 60.2 Å². The standard InChI is InChI=1S/C16H21N3O/c1-10-7-16(18-12-4-3-11(17)8-12)19-15-6-5-13(20-2)9-14(10)15/h5-7,9,11-12H,3-4,8,17H2,1-2H3,(H,18,19)/t11-,12-/m0/s1. The quantitative estimate of drug-likeness (QED) is 0.901. The van der Waals surface area contributed by atoms with Crippen molar-refractivity contribution in [2.24, 2.45) is 5.73 Å². The first kappa shape index (κ1) is 13.2. The molecule has 2 atom stereocenters. The molecule has 0 aliphatic heterocycles. The van der Waals surface area contributed by atoms with Gasteiger partial charge in [-0.15, -0.1) is 0 Å². The molecule has 1 heterocycles. The van der Waals surface area contributed by atoms with Crippen molar-refractivity contribution >= 4 is 16.7 Å². The third-order valence-electron chi connectivity index (χ3n) is 4.05. The highest BCUT2D eigenvalue weighted by molar-refractivity contribution is 5.85. The van der Waals surface area contributed by atoms with E-state index in [0.29, 0.717) is 12.1 Å². The number of ether oxygens (including phenoxy) is 1. The second-order valence-electron chi connectivity index (χ2n) is 5.62. The zero-order valence-corrected chi connectivity index (χ0v) is 12.0. The number of aryl methyl sites for hydroxylation is 1. The van der Waals surface area contributed by atoms with Crippen molar-refractivity contribution in [2.45, 2.75) is 38.3 Å². The van der Waals surface area contributed by atoms with E-state index in [1.54, 1.807) is 7.11 Å². The Morgan fingerprint density at radius 2 is 2.15 bits per heavy atom. The summed E-state index contributed by atoms with van der Waals surface area (Å²) in [7, 11) is 1.68. The minimum absolute atomic E-state index is 0.332. The average Bonchev–Trinajstić information content (AvgIpc) is 2.84. The summed E-state index contributed by atoms with van der Waals surface area (Å²) in [6.45, 7) is 2.11. The minimum Gasteiger partial charge on any atom is -0.497 e. The summed E-state index contributed by atoms with van der Waals surface area (Å²) in [6, 6.07) is 8.88. The zero-order valence-electron chi connectivity index (χ0n) is 12.0. The van der Waals surface area contributed by atoms with E-state index in [-0.39, 0.29) is 0 Å². The molecule has 1 fully saturated rings. The van der Waals surface area contributed by atoms with Gasteiger partial charge in [0.05, 0.1) is 12.6 Å². The Morgan fingerprint density at radius 3 is 2.85 bits per heavy atom. The molecule has 0 amide bonds. The van der Waals surface area contributed by atoms with Gasteiger partial charge in [-0.25, -0.2) is 4.98 Å². The number of benzene rings is 1. The largest absolute Gasteiger partial charge is 0.497 e. The van der Waals surface area contributed by atoms with Crippen LogP contribution in [-0.2, 0) is 0 Å². The van der Waals surface area contributed by atoms with Crippen LogP contribution in [0.2, 0.25) is 0 Å². The highest BCUT2D eigenvalue weighted by Gasteiger charge is 2.21. The van der Waals surface area contributed by atoms with Crippen molar-refractivity contribution in [1.29, 1.82) is 0 Å². The van der Waals surface area contributed by atoms with Gasteiger partial charge in [-0.3, -0.25) is 0 Å². The third kappa shape index (κ3) is 2.56. The molecule has 1 aromatic carbocycles. The van der Waals surface area contributed by atoms with Crippen LogP contribution in [0, 0.1) is 6.92 Å². The van der Waals surface area contributed by atoms with E-state index in [4.69, 9.17) is 15.5 Å². The first-order valence-electron chi connectivity index (χ1n) is 7.13.